The Hall–Kier alpha value is -2.64. The number of pyridine rings is 2. The maximum Gasteiger partial charge on any atom is 0.251 e. The van der Waals surface area contributed by atoms with Gasteiger partial charge in [0.15, 0.2) is 6.29 Å². The van der Waals surface area contributed by atoms with E-state index in [1.54, 1.807) is 34.9 Å². The molecule has 1 aliphatic heterocycles. The second-order valence-corrected chi connectivity index (χ2v) is 7.58. The lowest BCUT2D eigenvalue weighted by molar-refractivity contribution is -0.0522. The zero-order valence-corrected chi connectivity index (χ0v) is 17.3. The predicted molar refractivity (Wildman–Crippen MR) is 118 cm³/mol. The minimum atomic E-state index is -0.344. The van der Waals surface area contributed by atoms with E-state index in [-0.39, 0.29) is 17.4 Å². The average molecular weight is 445 g/mol. The van der Waals surface area contributed by atoms with Gasteiger partial charge in [-0.05, 0) is 59.3 Å². The Morgan fingerprint density at radius 1 is 0.867 bits per heavy atom. The number of nitrogens with one attached hydrogen (secondary N) is 1. The fourth-order valence-electron chi connectivity index (χ4n) is 3.25. The molecule has 1 fully saturated rings. The molecule has 1 aliphatic rings. The summed E-state index contributed by atoms with van der Waals surface area (Å²) in [5.74, 6) is 0. The molecule has 1 saturated heterocycles. The molecule has 0 aliphatic carbocycles. The van der Waals surface area contributed by atoms with E-state index in [0.717, 1.165) is 21.8 Å². The van der Waals surface area contributed by atoms with E-state index in [2.05, 4.69) is 4.98 Å². The van der Waals surface area contributed by atoms with E-state index in [9.17, 15) is 9.59 Å². The molecule has 0 amide bonds. The van der Waals surface area contributed by atoms with E-state index in [4.69, 9.17) is 32.7 Å². The highest BCUT2D eigenvalue weighted by molar-refractivity contribution is 6.31. The molecule has 8 heteroatoms. The third-order valence-electron chi connectivity index (χ3n) is 4.66. The van der Waals surface area contributed by atoms with Crippen LogP contribution in [0, 0.1) is 0 Å². The number of hydrogen-bond donors (Lipinski definition) is 1. The van der Waals surface area contributed by atoms with Gasteiger partial charge in [-0.2, -0.15) is 0 Å². The summed E-state index contributed by atoms with van der Waals surface area (Å²) in [6.45, 7) is 1.56. The third kappa shape index (κ3) is 4.74. The second-order valence-electron chi connectivity index (χ2n) is 6.71. The zero-order chi connectivity index (χ0) is 21.1. The quantitative estimate of drug-likeness (QED) is 0.502. The number of benzene rings is 2. The van der Waals surface area contributed by atoms with Crippen LogP contribution in [0.5, 0.6) is 0 Å². The van der Waals surface area contributed by atoms with Crippen molar-refractivity contribution in [1.29, 1.82) is 0 Å². The van der Waals surface area contributed by atoms with Gasteiger partial charge in [-0.3, -0.25) is 9.59 Å². The molecule has 2 aromatic carbocycles. The Kier molecular flexibility index (Phi) is 6.20. The van der Waals surface area contributed by atoms with Crippen molar-refractivity contribution in [3.05, 3.63) is 91.4 Å². The van der Waals surface area contributed by atoms with Crippen molar-refractivity contribution in [2.24, 2.45) is 0 Å². The predicted octanol–water partition coefficient (Wildman–Crippen LogP) is 4.21. The van der Waals surface area contributed by atoms with Crippen molar-refractivity contribution in [2.45, 2.75) is 12.8 Å². The largest absolute Gasteiger partial charge is 0.348 e. The molecule has 3 heterocycles. The lowest BCUT2D eigenvalue weighted by Crippen LogP contribution is -2.26. The number of nitrogens with zero attached hydrogens (tertiary/aromatic N) is 1. The molecule has 5 rings (SSSR count). The minimum Gasteiger partial charge on any atom is -0.348 e. The van der Waals surface area contributed by atoms with Crippen LogP contribution in [0.4, 0.5) is 0 Å². The molecule has 4 aromatic rings. The van der Waals surface area contributed by atoms with Gasteiger partial charge in [-0.1, -0.05) is 23.2 Å². The van der Waals surface area contributed by atoms with E-state index >= 15 is 0 Å². The fourth-order valence-corrected chi connectivity index (χ4v) is 3.61. The van der Waals surface area contributed by atoms with Crippen LogP contribution in [0.25, 0.3) is 21.8 Å². The Morgan fingerprint density at radius 2 is 1.53 bits per heavy atom. The van der Waals surface area contributed by atoms with Crippen LogP contribution in [0.15, 0.2) is 70.3 Å². The SMILES string of the molecule is O=c1ccc2cc(Cl)ccc2[nH]1.O=c1ccc2cc(Cl)ccc2n1CC1OCCO1. The molecule has 30 heavy (non-hydrogen) atoms. The highest BCUT2D eigenvalue weighted by atomic mass is 35.5. The van der Waals surface area contributed by atoms with E-state index in [0.29, 0.717) is 29.8 Å². The van der Waals surface area contributed by atoms with Gasteiger partial charge in [0.25, 0.3) is 5.56 Å². The van der Waals surface area contributed by atoms with Gasteiger partial charge < -0.3 is 19.0 Å². The summed E-state index contributed by atoms with van der Waals surface area (Å²) < 4.78 is 12.4. The minimum absolute atomic E-state index is 0.0658. The highest BCUT2D eigenvalue weighted by Gasteiger charge is 2.18. The molecule has 0 saturated carbocycles. The van der Waals surface area contributed by atoms with Crippen LogP contribution in [-0.4, -0.2) is 29.1 Å². The Bertz CT molecular complexity index is 1310. The van der Waals surface area contributed by atoms with Crippen molar-refractivity contribution < 1.29 is 9.47 Å². The molecule has 0 bridgehead atoms. The Labute approximate surface area is 181 Å². The maximum absolute atomic E-state index is 11.9. The summed E-state index contributed by atoms with van der Waals surface area (Å²) in [6.07, 6.45) is -0.344. The number of halogens is 2. The lowest BCUT2D eigenvalue weighted by atomic mass is 10.2. The molecular formula is C22H18Cl2N2O4. The molecule has 0 radical (unpaired) electrons. The molecule has 154 valence electrons. The van der Waals surface area contributed by atoms with Gasteiger partial charge in [0.05, 0.1) is 25.3 Å². The fraction of sp³-hybridized carbons (Fsp3) is 0.182. The van der Waals surface area contributed by atoms with Crippen molar-refractivity contribution in [2.75, 3.05) is 13.2 Å². The topological polar surface area (TPSA) is 73.3 Å². The molecule has 6 nitrogen and oxygen atoms in total. The number of aromatic nitrogens is 2. The number of hydrogen-bond acceptors (Lipinski definition) is 4. The summed E-state index contributed by atoms with van der Waals surface area (Å²) in [5.41, 5.74) is 1.49. The van der Waals surface area contributed by atoms with Crippen LogP contribution in [0.3, 0.4) is 0 Å². The maximum atomic E-state index is 11.9. The molecule has 0 spiro atoms. The van der Waals surface area contributed by atoms with E-state index in [1.165, 1.54) is 12.1 Å². The summed E-state index contributed by atoms with van der Waals surface area (Å²) in [7, 11) is 0. The number of rotatable bonds is 2. The first kappa shape index (κ1) is 20.6. The van der Waals surface area contributed by atoms with Crippen LogP contribution < -0.4 is 11.1 Å². The number of aromatic amines is 1. The standard InChI is InChI=1S/C13H12ClNO3.C9H6ClNO/c14-10-2-3-11-9(7-10)1-4-12(16)15(11)8-13-17-5-6-18-13;10-7-2-3-8-6(5-7)1-4-9(12)11-8/h1-4,7,13H,5-6,8H2;1-5H,(H,11,12). The van der Waals surface area contributed by atoms with Gasteiger partial charge in [-0.15, -0.1) is 0 Å². The van der Waals surface area contributed by atoms with Crippen LogP contribution >= 0.6 is 23.2 Å². The second kappa shape index (κ2) is 9.02. The third-order valence-corrected chi connectivity index (χ3v) is 5.13. The van der Waals surface area contributed by atoms with E-state index in [1.807, 2.05) is 18.2 Å². The summed E-state index contributed by atoms with van der Waals surface area (Å²) in [4.78, 5) is 25.5. The average Bonchev–Trinajstić information content (AvgIpc) is 3.24. The number of H-pyrrole nitrogens is 1. The van der Waals surface area contributed by atoms with Crippen molar-refractivity contribution >= 4 is 45.0 Å². The lowest BCUT2D eigenvalue weighted by Gasteiger charge is -2.14. The van der Waals surface area contributed by atoms with Gasteiger partial charge in [-0.25, -0.2) is 0 Å². The first-order valence-corrected chi connectivity index (χ1v) is 10.1. The summed E-state index contributed by atoms with van der Waals surface area (Å²) in [5, 5.41) is 3.21. The van der Waals surface area contributed by atoms with Crippen LogP contribution in [-0.2, 0) is 16.0 Å². The van der Waals surface area contributed by atoms with Crippen molar-refractivity contribution in [3.63, 3.8) is 0 Å². The number of ether oxygens (including phenoxy) is 2. The molecule has 2 aromatic heterocycles. The highest BCUT2D eigenvalue weighted by Crippen LogP contribution is 2.19. The van der Waals surface area contributed by atoms with Crippen LogP contribution in [0.2, 0.25) is 10.0 Å². The Balaban J connectivity index is 0.000000158. The van der Waals surface area contributed by atoms with Crippen molar-refractivity contribution in [3.8, 4) is 0 Å². The summed E-state index contributed by atoms with van der Waals surface area (Å²) >= 11 is 11.7. The van der Waals surface area contributed by atoms with E-state index < -0.39 is 0 Å². The normalized spacial score (nSPS) is 14.1. The van der Waals surface area contributed by atoms with Crippen LogP contribution in [0.1, 0.15) is 0 Å². The Morgan fingerprint density at radius 3 is 2.30 bits per heavy atom. The van der Waals surface area contributed by atoms with Gasteiger partial charge in [0, 0.05) is 27.7 Å². The number of fused-ring (bicyclic) bond motifs is 2. The first-order chi connectivity index (χ1) is 14.5. The molecular weight excluding hydrogens is 427 g/mol. The zero-order valence-electron chi connectivity index (χ0n) is 15.8. The molecule has 1 N–H and O–H groups in total. The van der Waals surface area contributed by atoms with Gasteiger partial charge in [0.1, 0.15) is 0 Å². The van der Waals surface area contributed by atoms with Gasteiger partial charge >= 0.3 is 0 Å². The molecule has 0 atom stereocenters. The van der Waals surface area contributed by atoms with Crippen molar-refractivity contribution in [1.82, 2.24) is 9.55 Å². The smallest absolute Gasteiger partial charge is 0.251 e. The first-order valence-electron chi connectivity index (χ1n) is 9.30. The molecule has 0 unspecified atom stereocenters. The van der Waals surface area contributed by atoms with Gasteiger partial charge in [0.2, 0.25) is 5.56 Å². The summed E-state index contributed by atoms with van der Waals surface area (Å²) in [6, 6.07) is 17.3. The monoisotopic (exact) mass is 444 g/mol.